The topological polar surface area (TPSA) is 37.3 Å². The van der Waals surface area contributed by atoms with E-state index in [0.717, 1.165) is 6.42 Å². The van der Waals surface area contributed by atoms with E-state index in [-0.39, 0.29) is 0 Å². The second-order valence-corrected chi connectivity index (χ2v) is 5.66. The average molecular weight is 366 g/mol. The Balaban J connectivity index is 0.000000297. The quantitative estimate of drug-likeness (QED) is 0.450. The molecule has 3 heteroatoms. The van der Waals surface area contributed by atoms with Crippen molar-refractivity contribution in [2.75, 3.05) is 0 Å². The number of benzene rings is 2. The van der Waals surface area contributed by atoms with Crippen molar-refractivity contribution in [3.8, 4) is 11.1 Å². The van der Waals surface area contributed by atoms with Crippen LogP contribution in [-0.2, 0) is 6.42 Å². The highest BCUT2D eigenvalue weighted by Gasteiger charge is 2.11. The van der Waals surface area contributed by atoms with Gasteiger partial charge in [0.1, 0.15) is 0 Å². The van der Waals surface area contributed by atoms with Gasteiger partial charge in [-0.05, 0) is 53.6 Å². The molecule has 2 aromatic rings. The molecular weight excluding hydrogens is 351 g/mol. The van der Waals surface area contributed by atoms with Crippen LogP contribution in [0, 0.1) is 13.8 Å². The molecule has 0 aromatic heterocycles. The maximum Gasteiger partial charge on any atom is 0.364 e. The number of halogens is 1. The number of rotatable bonds is 0. The molecule has 4 rings (SSSR count). The first-order valence-corrected chi connectivity index (χ1v) is 7.13. The third kappa shape index (κ3) is 3.35. The summed E-state index contributed by atoms with van der Waals surface area (Å²) in [5, 5.41) is 7.40. The molecule has 98 valence electrons. The molecule has 0 atom stereocenters. The number of carboxylic acid groups (broad SMARTS) is 1. The molecule has 2 nitrogen and oxygen atoms in total. The van der Waals surface area contributed by atoms with E-state index < -0.39 is 3.98 Å². The summed E-state index contributed by atoms with van der Waals surface area (Å²) in [5.74, 6) is 0. The standard InChI is InChI=1S/C15H14.CHIO2/c1-10-6-13-7-11(2)15(10)14-5-3-4-12(8-13)9-14;2-1(3)4/h3-7,9H,8H2,1-2H3;(H,3,4). The molecular formula is C16H15IO2. The lowest BCUT2D eigenvalue weighted by Crippen LogP contribution is -1.98. The van der Waals surface area contributed by atoms with Gasteiger partial charge in [-0.25, -0.2) is 4.79 Å². The van der Waals surface area contributed by atoms with E-state index in [2.05, 4.69) is 50.2 Å². The van der Waals surface area contributed by atoms with E-state index in [4.69, 9.17) is 9.90 Å². The molecule has 4 bridgehead atoms. The van der Waals surface area contributed by atoms with E-state index in [9.17, 15) is 0 Å². The van der Waals surface area contributed by atoms with Gasteiger partial charge in [0, 0.05) is 0 Å². The van der Waals surface area contributed by atoms with Crippen molar-refractivity contribution in [3.05, 3.63) is 58.7 Å². The Morgan fingerprint density at radius 2 is 1.68 bits per heavy atom. The van der Waals surface area contributed by atoms with Gasteiger partial charge in [-0.15, -0.1) is 0 Å². The largest absolute Gasteiger partial charge is 0.474 e. The van der Waals surface area contributed by atoms with Crippen molar-refractivity contribution >= 4 is 26.6 Å². The minimum absolute atomic E-state index is 0.863. The normalized spacial score (nSPS) is 11.1. The Morgan fingerprint density at radius 3 is 2.26 bits per heavy atom. The molecule has 0 amide bonds. The zero-order valence-electron chi connectivity index (χ0n) is 10.9. The first kappa shape index (κ1) is 14.1. The lowest BCUT2D eigenvalue weighted by Gasteiger charge is -2.17. The van der Waals surface area contributed by atoms with Crippen molar-refractivity contribution in [1.29, 1.82) is 0 Å². The summed E-state index contributed by atoms with van der Waals surface area (Å²) in [4.78, 5) is 8.99. The second kappa shape index (κ2) is 5.74. The Bertz CT molecular complexity index is 605. The fourth-order valence-corrected chi connectivity index (χ4v) is 2.68. The van der Waals surface area contributed by atoms with E-state index in [1.165, 1.54) is 56.0 Å². The Kier molecular flexibility index (Phi) is 4.24. The van der Waals surface area contributed by atoms with Gasteiger partial charge in [0.05, 0.1) is 22.6 Å². The van der Waals surface area contributed by atoms with Gasteiger partial charge in [-0.2, -0.15) is 0 Å². The smallest absolute Gasteiger partial charge is 0.364 e. The highest BCUT2D eigenvalue weighted by Crippen LogP contribution is 2.32. The van der Waals surface area contributed by atoms with Crippen LogP contribution in [0.5, 0.6) is 0 Å². The summed E-state index contributed by atoms with van der Waals surface area (Å²) in [7, 11) is 0. The number of aryl methyl sites for hydroxylation is 2. The van der Waals surface area contributed by atoms with Gasteiger partial charge >= 0.3 is 3.98 Å². The van der Waals surface area contributed by atoms with Crippen LogP contribution >= 0.6 is 22.6 Å². The second-order valence-electron chi connectivity index (χ2n) is 4.73. The number of carbonyl (C=O) groups is 1. The zero-order valence-corrected chi connectivity index (χ0v) is 13.1. The van der Waals surface area contributed by atoms with Crippen LogP contribution in [0.15, 0.2) is 36.4 Å². The molecule has 0 saturated carbocycles. The predicted octanol–water partition coefficient (Wildman–Crippen LogP) is 4.97. The van der Waals surface area contributed by atoms with Gasteiger partial charge in [0.15, 0.2) is 0 Å². The Hall–Kier alpha value is -1.36. The van der Waals surface area contributed by atoms with Crippen LogP contribution in [-0.4, -0.2) is 9.08 Å². The molecule has 2 aliphatic carbocycles. The summed E-state index contributed by atoms with van der Waals surface area (Å²) < 4.78 is -0.863. The minimum Gasteiger partial charge on any atom is -0.474 e. The predicted molar refractivity (Wildman–Crippen MR) is 86.2 cm³/mol. The van der Waals surface area contributed by atoms with Crippen LogP contribution < -0.4 is 0 Å². The van der Waals surface area contributed by atoms with Crippen LogP contribution in [0.3, 0.4) is 0 Å². The lowest BCUT2D eigenvalue weighted by molar-refractivity contribution is 0.225. The molecule has 1 N–H and O–H groups in total. The lowest BCUT2D eigenvalue weighted by atomic mass is 9.87. The van der Waals surface area contributed by atoms with Crippen molar-refractivity contribution in [1.82, 2.24) is 0 Å². The molecule has 19 heavy (non-hydrogen) atoms. The van der Waals surface area contributed by atoms with E-state index >= 15 is 0 Å². The van der Waals surface area contributed by atoms with Crippen LogP contribution in [0.4, 0.5) is 4.79 Å². The van der Waals surface area contributed by atoms with Crippen molar-refractivity contribution in [3.63, 3.8) is 0 Å². The Morgan fingerprint density at radius 1 is 1.11 bits per heavy atom. The van der Waals surface area contributed by atoms with Crippen LogP contribution in [0.2, 0.25) is 0 Å². The first-order chi connectivity index (χ1) is 8.97. The van der Waals surface area contributed by atoms with Crippen LogP contribution in [0.25, 0.3) is 11.1 Å². The highest BCUT2D eigenvalue weighted by atomic mass is 127. The first-order valence-electron chi connectivity index (χ1n) is 6.05. The molecule has 0 heterocycles. The summed E-state index contributed by atoms with van der Waals surface area (Å²) in [5.41, 5.74) is 8.45. The monoisotopic (exact) mass is 366 g/mol. The molecule has 2 aromatic carbocycles. The van der Waals surface area contributed by atoms with Crippen molar-refractivity contribution in [2.45, 2.75) is 20.3 Å². The molecule has 0 saturated heterocycles. The zero-order chi connectivity index (χ0) is 14.0. The molecule has 0 fully saturated rings. The Labute approximate surface area is 126 Å². The summed E-state index contributed by atoms with van der Waals surface area (Å²) in [6.45, 7) is 4.42. The van der Waals surface area contributed by atoms with Gasteiger partial charge in [-0.1, -0.05) is 36.4 Å². The van der Waals surface area contributed by atoms with E-state index in [0.29, 0.717) is 0 Å². The van der Waals surface area contributed by atoms with Gasteiger partial charge < -0.3 is 5.11 Å². The van der Waals surface area contributed by atoms with Crippen molar-refractivity contribution in [2.24, 2.45) is 0 Å². The van der Waals surface area contributed by atoms with Crippen molar-refractivity contribution < 1.29 is 9.90 Å². The number of fused-ring (bicyclic) bond motifs is 2. The average Bonchev–Trinajstić information content (AvgIpc) is 2.26. The third-order valence-corrected chi connectivity index (χ3v) is 3.22. The van der Waals surface area contributed by atoms with E-state index in [1.807, 2.05) is 0 Å². The summed E-state index contributed by atoms with van der Waals surface area (Å²) >= 11 is 1.26. The molecule has 0 aliphatic heterocycles. The number of hydrogen-bond donors (Lipinski definition) is 1. The maximum absolute atomic E-state index is 8.99. The SMILES string of the molecule is Cc1cc2cc(C)c1-c1cccc(c1)C2.O=C(O)I. The van der Waals surface area contributed by atoms with Gasteiger partial charge in [0.25, 0.3) is 0 Å². The molecule has 0 radical (unpaired) electrons. The van der Waals surface area contributed by atoms with Gasteiger partial charge in [-0.3, -0.25) is 0 Å². The maximum atomic E-state index is 8.99. The molecule has 0 spiro atoms. The molecule has 0 unspecified atom stereocenters. The fourth-order valence-electron chi connectivity index (χ4n) is 2.68. The van der Waals surface area contributed by atoms with E-state index in [1.54, 1.807) is 0 Å². The number of hydrogen-bond acceptors (Lipinski definition) is 1. The minimum atomic E-state index is -0.863. The summed E-state index contributed by atoms with van der Waals surface area (Å²) in [6.07, 6.45) is 1.07. The summed E-state index contributed by atoms with van der Waals surface area (Å²) in [6, 6.07) is 13.6. The van der Waals surface area contributed by atoms with Crippen LogP contribution in [0.1, 0.15) is 22.3 Å². The fraction of sp³-hybridized carbons (Fsp3) is 0.188. The third-order valence-electron chi connectivity index (χ3n) is 3.22. The highest BCUT2D eigenvalue weighted by molar-refractivity contribution is 14.1. The van der Waals surface area contributed by atoms with Gasteiger partial charge in [0.2, 0.25) is 0 Å². The molecule has 2 aliphatic rings.